The predicted molar refractivity (Wildman–Crippen MR) is 67.1 cm³/mol. The number of carboxylic acids is 1. The third-order valence-electron chi connectivity index (χ3n) is 2.07. The number of carbonyl (C=O) groups is 3. The zero-order chi connectivity index (χ0) is 14.3. The monoisotopic (exact) mass is 266 g/mol. The lowest BCUT2D eigenvalue weighted by Crippen LogP contribution is -2.29. The highest BCUT2D eigenvalue weighted by molar-refractivity contribution is 5.96. The van der Waals surface area contributed by atoms with Crippen molar-refractivity contribution in [1.82, 2.24) is 5.32 Å². The number of hydrogen-bond donors (Lipinski definition) is 3. The van der Waals surface area contributed by atoms with Crippen LogP contribution in [0.5, 0.6) is 0 Å². The van der Waals surface area contributed by atoms with Gasteiger partial charge in [0, 0.05) is 11.3 Å². The first-order chi connectivity index (χ1) is 9.02. The van der Waals surface area contributed by atoms with Crippen LogP contribution in [0.3, 0.4) is 0 Å². The Morgan fingerprint density at radius 3 is 2.37 bits per heavy atom. The van der Waals surface area contributed by atoms with Gasteiger partial charge in [-0.25, -0.2) is 4.79 Å². The minimum atomic E-state index is -1.12. The van der Waals surface area contributed by atoms with Crippen LogP contribution in [0.1, 0.15) is 17.3 Å². The number of hydrogen-bond acceptors (Lipinski definition) is 4. The summed E-state index contributed by atoms with van der Waals surface area (Å²) in [6, 6.07) is 5.98. The molecule has 102 valence electrons. The van der Waals surface area contributed by atoms with Crippen LogP contribution in [-0.4, -0.2) is 36.2 Å². The molecule has 7 nitrogen and oxygen atoms in total. The number of carbonyl (C=O) groups excluding carboxylic acids is 2. The summed E-state index contributed by atoms with van der Waals surface area (Å²) < 4.78 is 4.69. The van der Waals surface area contributed by atoms with Crippen molar-refractivity contribution in [2.45, 2.75) is 6.92 Å². The van der Waals surface area contributed by atoms with Gasteiger partial charge in [-0.15, -0.1) is 0 Å². The maximum atomic E-state index is 11.5. The Morgan fingerprint density at radius 2 is 1.84 bits per heavy atom. The number of benzene rings is 1. The Kier molecular flexibility index (Phi) is 5.34. The standard InChI is InChI=1S/C12H14N2O5/c1-2-19-12(18)14-9-5-3-8(4-6-9)11(17)13-7-10(15)16/h3-6H,2,7H2,1H3,(H,13,17)(H,14,18)(H,15,16). The molecule has 0 atom stereocenters. The first-order valence-electron chi connectivity index (χ1n) is 5.56. The van der Waals surface area contributed by atoms with Crippen LogP contribution >= 0.6 is 0 Å². The van der Waals surface area contributed by atoms with Gasteiger partial charge in [0.25, 0.3) is 5.91 Å². The average molecular weight is 266 g/mol. The van der Waals surface area contributed by atoms with E-state index in [1.54, 1.807) is 6.92 Å². The van der Waals surface area contributed by atoms with Gasteiger partial charge in [-0.1, -0.05) is 0 Å². The molecule has 0 aliphatic heterocycles. The van der Waals surface area contributed by atoms with Gasteiger partial charge in [0.15, 0.2) is 0 Å². The molecule has 0 heterocycles. The summed E-state index contributed by atoms with van der Waals surface area (Å²) in [5, 5.41) is 13.1. The Bertz CT molecular complexity index is 470. The Hall–Kier alpha value is -2.57. The van der Waals surface area contributed by atoms with E-state index in [-0.39, 0.29) is 6.61 Å². The van der Waals surface area contributed by atoms with Gasteiger partial charge in [-0.3, -0.25) is 14.9 Å². The quantitative estimate of drug-likeness (QED) is 0.739. The molecule has 19 heavy (non-hydrogen) atoms. The van der Waals surface area contributed by atoms with Crippen molar-refractivity contribution in [2.24, 2.45) is 0 Å². The highest BCUT2D eigenvalue weighted by Gasteiger charge is 2.07. The summed E-state index contributed by atoms with van der Waals surface area (Å²) in [6.07, 6.45) is -0.578. The third-order valence-corrected chi connectivity index (χ3v) is 2.07. The van der Waals surface area contributed by atoms with Crippen molar-refractivity contribution in [1.29, 1.82) is 0 Å². The van der Waals surface area contributed by atoms with Gasteiger partial charge < -0.3 is 15.2 Å². The molecule has 0 radical (unpaired) electrons. The molecule has 7 heteroatoms. The summed E-state index contributed by atoms with van der Waals surface area (Å²) >= 11 is 0. The lowest BCUT2D eigenvalue weighted by molar-refractivity contribution is -0.135. The van der Waals surface area contributed by atoms with E-state index in [0.29, 0.717) is 11.3 Å². The fourth-order valence-corrected chi connectivity index (χ4v) is 1.25. The van der Waals surface area contributed by atoms with Gasteiger partial charge in [0.1, 0.15) is 6.54 Å². The molecule has 1 rings (SSSR count). The smallest absolute Gasteiger partial charge is 0.411 e. The average Bonchev–Trinajstić information content (AvgIpc) is 2.37. The lowest BCUT2D eigenvalue weighted by Gasteiger charge is -2.06. The number of aliphatic carboxylic acids is 1. The van der Waals surface area contributed by atoms with Crippen LogP contribution in [0.2, 0.25) is 0 Å². The molecule has 0 aliphatic carbocycles. The molecule has 0 saturated carbocycles. The van der Waals surface area contributed by atoms with E-state index >= 15 is 0 Å². The minimum Gasteiger partial charge on any atom is -0.480 e. The zero-order valence-electron chi connectivity index (χ0n) is 10.3. The number of nitrogens with one attached hydrogen (secondary N) is 2. The van der Waals surface area contributed by atoms with Crippen LogP contribution in [0.25, 0.3) is 0 Å². The van der Waals surface area contributed by atoms with E-state index in [1.807, 2.05) is 0 Å². The van der Waals surface area contributed by atoms with Crippen LogP contribution in [0, 0.1) is 0 Å². The molecule has 2 amide bonds. The molecule has 0 spiro atoms. The van der Waals surface area contributed by atoms with E-state index in [2.05, 4.69) is 10.6 Å². The molecule has 0 saturated heterocycles. The van der Waals surface area contributed by atoms with Gasteiger partial charge in [0.2, 0.25) is 0 Å². The number of anilines is 1. The third kappa shape index (κ3) is 5.07. The van der Waals surface area contributed by atoms with Crippen LogP contribution in [0.15, 0.2) is 24.3 Å². The molecule has 1 aromatic carbocycles. The highest BCUT2D eigenvalue weighted by Crippen LogP contribution is 2.09. The zero-order valence-corrected chi connectivity index (χ0v) is 10.3. The predicted octanol–water partition coefficient (Wildman–Crippen LogP) is 1.07. The van der Waals surface area contributed by atoms with Crippen LogP contribution in [0.4, 0.5) is 10.5 Å². The highest BCUT2D eigenvalue weighted by atomic mass is 16.5. The Labute approximate surface area is 109 Å². The van der Waals surface area contributed by atoms with Gasteiger partial charge in [-0.05, 0) is 31.2 Å². The first kappa shape index (κ1) is 14.5. The summed E-state index contributed by atoms with van der Waals surface area (Å²) in [5.74, 6) is -1.61. The molecule has 0 unspecified atom stereocenters. The van der Waals surface area contributed by atoms with E-state index < -0.39 is 24.5 Å². The number of ether oxygens (including phenoxy) is 1. The molecule has 0 aliphatic rings. The fourth-order valence-electron chi connectivity index (χ4n) is 1.25. The van der Waals surface area contributed by atoms with Crippen LogP contribution < -0.4 is 10.6 Å². The molecule has 3 N–H and O–H groups in total. The largest absolute Gasteiger partial charge is 0.480 e. The van der Waals surface area contributed by atoms with Crippen molar-refractivity contribution >= 4 is 23.7 Å². The molecular formula is C12H14N2O5. The van der Waals surface area contributed by atoms with Crippen molar-refractivity contribution < 1.29 is 24.2 Å². The van der Waals surface area contributed by atoms with Crippen molar-refractivity contribution in [2.75, 3.05) is 18.5 Å². The lowest BCUT2D eigenvalue weighted by atomic mass is 10.2. The Morgan fingerprint density at radius 1 is 1.21 bits per heavy atom. The van der Waals surface area contributed by atoms with E-state index in [9.17, 15) is 14.4 Å². The molecular weight excluding hydrogens is 252 g/mol. The first-order valence-corrected chi connectivity index (χ1v) is 5.56. The van der Waals surface area contributed by atoms with Gasteiger partial charge in [-0.2, -0.15) is 0 Å². The van der Waals surface area contributed by atoms with Crippen LogP contribution in [-0.2, 0) is 9.53 Å². The fraction of sp³-hybridized carbons (Fsp3) is 0.250. The number of carboxylic acid groups (broad SMARTS) is 1. The van der Waals surface area contributed by atoms with E-state index in [4.69, 9.17) is 9.84 Å². The van der Waals surface area contributed by atoms with Crippen molar-refractivity contribution in [3.8, 4) is 0 Å². The maximum Gasteiger partial charge on any atom is 0.411 e. The van der Waals surface area contributed by atoms with E-state index in [0.717, 1.165) is 0 Å². The Balaban J connectivity index is 2.58. The van der Waals surface area contributed by atoms with Gasteiger partial charge in [0.05, 0.1) is 6.61 Å². The van der Waals surface area contributed by atoms with E-state index in [1.165, 1.54) is 24.3 Å². The van der Waals surface area contributed by atoms with Gasteiger partial charge >= 0.3 is 12.1 Å². The number of rotatable bonds is 5. The second kappa shape index (κ2) is 7.00. The molecule has 0 aromatic heterocycles. The summed E-state index contributed by atoms with van der Waals surface area (Å²) in [7, 11) is 0. The molecule has 0 fully saturated rings. The summed E-state index contributed by atoms with van der Waals surface area (Å²) in [4.78, 5) is 32.9. The topological polar surface area (TPSA) is 105 Å². The second-order valence-corrected chi connectivity index (χ2v) is 3.50. The van der Waals surface area contributed by atoms with Crippen molar-refractivity contribution in [3.63, 3.8) is 0 Å². The second-order valence-electron chi connectivity index (χ2n) is 3.50. The SMILES string of the molecule is CCOC(=O)Nc1ccc(C(=O)NCC(=O)O)cc1. The van der Waals surface area contributed by atoms with Crippen molar-refractivity contribution in [3.05, 3.63) is 29.8 Å². The molecule has 0 bridgehead atoms. The summed E-state index contributed by atoms with van der Waals surface area (Å²) in [6.45, 7) is 1.51. The normalized spacial score (nSPS) is 9.53. The summed E-state index contributed by atoms with van der Waals surface area (Å²) in [5.41, 5.74) is 0.781. The maximum absolute atomic E-state index is 11.5. The number of amides is 2. The minimum absolute atomic E-state index is 0.265. The molecule has 1 aromatic rings.